The largest absolute Gasteiger partial charge is 0.380 e. The van der Waals surface area contributed by atoms with Crippen LogP contribution in [0, 0.1) is 19.8 Å². The minimum absolute atomic E-state index is 0.0143. The second-order valence-corrected chi connectivity index (χ2v) is 6.15. The molecule has 1 saturated carbocycles. The number of nitrogens with one attached hydrogen (secondary N) is 1. The fraction of sp³-hybridized carbons (Fsp3) is 0.750. The summed E-state index contributed by atoms with van der Waals surface area (Å²) < 4.78 is 10.5. The van der Waals surface area contributed by atoms with E-state index in [1.54, 1.807) is 7.11 Å². The lowest BCUT2D eigenvalue weighted by atomic mass is 9.83. The third-order valence-corrected chi connectivity index (χ3v) is 4.59. The van der Waals surface area contributed by atoms with Crippen LogP contribution in [-0.2, 0) is 16.0 Å². The van der Waals surface area contributed by atoms with Crippen LogP contribution < -0.4 is 11.1 Å². The number of rotatable bonds is 6. The van der Waals surface area contributed by atoms with Gasteiger partial charge in [-0.15, -0.1) is 0 Å². The van der Waals surface area contributed by atoms with Gasteiger partial charge in [0.1, 0.15) is 5.76 Å². The number of nitrogens with two attached hydrogens (primary N) is 1. The Morgan fingerprint density at radius 3 is 2.82 bits per heavy atom. The number of nitrogens with zero attached hydrogens (tertiary/aromatic N) is 1. The number of hydrogen-bond donors (Lipinski definition) is 2. The van der Waals surface area contributed by atoms with Gasteiger partial charge in [0, 0.05) is 31.2 Å². The van der Waals surface area contributed by atoms with Gasteiger partial charge in [-0.3, -0.25) is 4.79 Å². The highest BCUT2D eigenvalue weighted by Gasteiger charge is 2.31. The highest BCUT2D eigenvalue weighted by molar-refractivity contribution is 5.78. The molecular formula is C16H27N3O3. The number of aromatic nitrogens is 1. The molecule has 0 saturated heterocycles. The molecule has 0 aromatic carbocycles. The zero-order valence-corrected chi connectivity index (χ0v) is 13.7. The lowest BCUT2D eigenvalue weighted by Crippen LogP contribution is -2.45. The van der Waals surface area contributed by atoms with Gasteiger partial charge in [-0.2, -0.15) is 0 Å². The van der Waals surface area contributed by atoms with Crippen molar-refractivity contribution in [2.75, 3.05) is 13.7 Å². The quantitative estimate of drug-likeness (QED) is 0.777. The Labute approximate surface area is 131 Å². The normalized spacial score (nSPS) is 25.2. The predicted octanol–water partition coefficient (Wildman–Crippen LogP) is 1.48. The van der Waals surface area contributed by atoms with E-state index in [9.17, 15) is 4.79 Å². The maximum atomic E-state index is 12.2. The van der Waals surface area contributed by atoms with E-state index in [4.69, 9.17) is 15.0 Å². The third-order valence-electron chi connectivity index (χ3n) is 4.59. The van der Waals surface area contributed by atoms with Gasteiger partial charge in [-0.1, -0.05) is 5.16 Å². The molecule has 1 heterocycles. The molecule has 1 amide bonds. The van der Waals surface area contributed by atoms with Crippen molar-refractivity contribution in [2.45, 2.75) is 58.1 Å². The molecule has 124 valence electrons. The number of aryl methyl sites for hydroxylation is 2. The molecule has 3 N–H and O–H groups in total. The molecule has 2 rings (SSSR count). The number of ether oxygens (including phenoxy) is 1. The van der Waals surface area contributed by atoms with Crippen LogP contribution in [-0.4, -0.2) is 36.9 Å². The first-order valence-corrected chi connectivity index (χ1v) is 8.00. The minimum atomic E-state index is -0.0446. The molecule has 1 aromatic rings. The van der Waals surface area contributed by atoms with Crippen LogP contribution in [0.1, 0.15) is 42.7 Å². The molecule has 1 fully saturated rings. The van der Waals surface area contributed by atoms with E-state index in [0.29, 0.717) is 13.0 Å². The highest BCUT2D eigenvalue weighted by atomic mass is 16.5. The molecule has 22 heavy (non-hydrogen) atoms. The first kappa shape index (κ1) is 17.0. The van der Waals surface area contributed by atoms with E-state index in [0.717, 1.165) is 42.7 Å². The number of carbonyl (C=O) groups is 1. The van der Waals surface area contributed by atoms with Gasteiger partial charge in [0.05, 0.1) is 11.8 Å². The molecule has 1 aliphatic carbocycles. The van der Waals surface area contributed by atoms with Crippen LogP contribution in [0.3, 0.4) is 0 Å². The van der Waals surface area contributed by atoms with Crippen LogP contribution in [0.25, 0.3) is 0 Å². The summed E-state index contributed by atoms with van der Waals surface area (Å²) in [5, 5.41) is 6.96. The molecule has 1 aliphatic rings. The Balaban J connectivity index is 1.70. The van der Waals surface area contributed by atoms with Crippen molar-refractivity contribution in [2.24, 2.45) is 11.7 Å². The summed E-state index contributed by atoms with van der Waals surface area (Å²) in [5.41, 5.74) is 8.14. The van der Waals surface area contributed by atoms with Gasteiger partial charge >= 0.3 is 0 Å². The molecule has 1 aromatic heterocycles. The van der Waals surface area contributed by atoms with E-state index < -0.39 is 0 Å². The van der Waals surface area contributed by atoms with Crippen LogP contribution in [0.2, 0.25) is 0 Å². The summed E-state index contributed by atoms with van der Waals surface area (Å²) in [6.45, 7) is 4.53. The van der Waals surface area contributed by atoms with Gasteiger partial charge in [0.2, 0.25) is 5.91 Å². The Morgan fingerprint density at radius 2 is 2.23 bits per heavy atom. The third kappa shape index (κ3) is 4.08. The van der Waals surface area contributed by atoms with Gasteiger partial charge < -0.3 is 20.3 Å². The molecule has 6 heteroatoms. The van der Waals surface area contributed by atoms with Gasteiger partial charge in [-0.25, -0.2) is 0 Å². The number of methoxy groups -OCH3 is 1. The molecule has 0 bridgehead atoms. The molecule has 0 unspecified atom stereocenters. The van der Waals surface area contributed by atoms with Gasteiger partial charge in [-0.05, 0) is 46.0 Å². The van der Waals surface area contributed by atoms with Gasteiger partial charge in [0.25, 0.3) is 0 Å². The number of carbonyl (C=O) groups excluding carboxylic acids is 1. The number of hydrogen-bond acceptors (Lipinski definition) is 5. The molecular weight excluding hydrogens is 282 g/mol. The fourth-order valence-corrected chi connectivity index (χ4v) is 3.19. The second-order valence-electron chi connectivity index (χ2n) is 6.15. The zero-order chi connectivity index (χ0) is 16.1. The van der Waals surface area contributed by atoms with Gasteiger partial charge in [0.15, 0.2) is 0 Å². The van der Waals surface area contributed by atoms with Crippen LogP contribution in [0.5, 0.6) is 0 Å². The van der Waals surface area contributed by atoms with Crippen molar-refractivity contribution in [1.82, 2.24) is 10.5 Å². The van der Waals surface area contributed by atoms with Crippen molar-refractivity contribution in [3.8, 4) is 0 Å². The summed E-state index contributed by atoms with van der Waals surface area (Å²) in [5.74, 6) is 0.997. The summed E-state index contributed by atoms with van der Waals surface area (Å²) >= 11 is 0. The second kappa shape index (κ2) is 7.74. The molecule has 6 nitrogen and oxygen atoms in total. The van der Waals surface area contributed by atoms with Crippen molar-refractivity contribution >= 4 is 5.91 Å². The lowest BCUT2D eigenvalue weighted by Gasteiger charge is -2.32. The maximum Gasteiger partial charge on any atom is 0.223 e. The SMILES string of the molecule is CO[C@@H]1CC[C@H](C(=O)NCCCc2c(C)noc2C)C[C@H]1N. The van der Waals surface area contributed by atoms with Crippen molar-refractivity contribution < 1.29 is 14.1 Å². The molecule has 0 spiro atoms. The molecule has 3 atom stereocenters. The first-order chi connectivity index (χ1) is 10.5. The topological polar surface area (TPSA) is 90.4 Å². The summed E-state index contributed by atoms with van der Waals surface area (Å²) in [7, 11) is 1.68. The average molecular weight is 309 g/mol. The monoisotopic (exact) mass is 309 g/mol. The van der Waals surface area contributed by atoms with E-state index in [2.05, 4.69) is 10.5 Å². The Morgan fingerprint density at radius 1 is 1.45 bits per heavy atom. The maximum absolute atomic E-state index is 12.2. The average Bonchev–Trinajstić information content (AvgIpc) is 2.82. The van der Waals surface area contributed by atoms with E-state index in [-0.39, 0.29) is 24.0 Å². The fourth-order valence-electron chi connectivity index (χ4n) is 3.19. The summed E-state index contributed by atoms with van der Waals surface area (Å²) in [6, 6.07) is -0.0446. The summed E-state index contributed by atoms with van der Waals surface area (Å²) in [4.78, 5) is 12.2. The summed E-state index contributed by atoms with van der Waals surface area (Å²) in [6.07, 6.45) is 4.25. The Kier molecular flexibility index (Phi) is 5.97. The zero-order valence-electron chi connectivity index (χ0n) is 13.7. The molecule has 0 aliphatic heterocycles. The minimum Gasteiger partial charge on any atom is -0.380 e. The van der Waals surface area contributed by atoms with E-state index >= 15 is 0 Å². The number of amides is 1. The lowest BCUT2D eigenvalue weighted by molar-refractivity contribution is -0.127. The first-order valence-electron chi connectivity index (χ1n) is 8.00. The standard InChI is InChI=1S/C16H27N3O3/c1-10-13(11(2)22-19-10)5-4-8-18-16(20)12-6-7-15(21-3)14(17)9-12/h12,14-15H,4-9,17H2,1-3H3,(H,18,20)/t12-,14+,15+/m0/s1. The van der Waals surface area contributed by atoms with Crippen molar-refractivity contribution in [3.05, 3.63) is 17.0 Å². The van der Waals surface area contributed by atoms with E-state index in [1.165, 1.54) is 0 Å². The highest BCUT2D eigenvalue weighted by Crippen LogP contribution is 2.25. The van der Waals surface area contributed by atoms with Crippen molar-refractivity contribution in [1.29, 1.82) is 0 Å². The molecule has 0 radical (unpaired) electrons. The van der Waals surface area contributed by atoms with Crippen LogP contribution in [0.4, 0.5) is 0 Å². The Bertz CT molecular complexity index is 481. The smallest absolute Gasteiger partial charge is 0.223 e. The van der Waals surface area contributed by atoms with Crippen molar-refractivity contribution in [3.63, 3.8) is 0 Å². The Hall–Kier alpha value is -1.40. The predicted molar refractivity (Wildman–Crippen MR) is 83.4 cm³/mol. The van der Waals surface area contributed by atoms with E-state index in [1.807, 2.05) is 13.8 Å². The van der Waals surface area contributed by atoms with Crippen LogP contribution >= 0.6 is 0 Å². The van der Waals surface area contributed by atoms with Crippen LogP contribution in [0.15, 0.2) is 4.52 Å².